The molecule has 12 heavy (non-hydrogen) atoms. The number of unbranched alkanes of at least 4 members (excludes halogenated alkanes) is 3. The molecular weight excluding hydrogens is 232 g/mol. The van der Waals surface area contributed by atoms with E-state index in [4.69, 9.17) is 19.2 Å². The van der Waals surface area contributed by atoms with Gasteiger partial charge in [0, 0.05) is 19.5 Å². The second-order valence-corrected chi connectivity index (χ2v) is 3.10. The molecule has 0 amide bonds. The predicted octanol–water partition coefficient (Wildman–Crippen LogP) is 1.47. The minimum absolute atomic E-state index is 0. The topological polar surface area (TPSA) is 77.8 Å². The van der Waals surface area contributed by atoms with Crippen LogP contribution in [0.2, 0.25) is 0 Å². The smallest absolute Gasteiger partial charge is 0.343 e. The van der Waals surface area contributed by atoms with Crippen LogP contribution >= 0.6 is 7.82 Å². The second-order valence-electron chi connectivity index (χ2n) is 2.07. The Bertz CT molecular complexity index is 102. The molecule has 0 aliphatic heterocycles. The number of phosphoric acid groups is 1. The third-order valence-corrected chi connectivity index (χ3v) is 0.854. The van der Waals surface area contributed by atoms with Gasteiger partial charge in [-0.05, 0) is 0 Å². The van der Waals surface area contributed by atoms with E-state index in [9.17, 15) is 0 Å². The van der Waals surface area contributed by atoms with Gasteiger partial charge in [-0.15, -0.1) is 0 Å². The minimum atomic E-state index is -4.64. The van der Waals surface area contributed by atoms with Crippen molar-refractivity contribution in [1.82, 2.24) is 0 Å². The maximum atomic E-state index is 8.88. The molecular formula is C6H16O4PZn-. The van der Waals surface area contributed by atoms with E-state index in [1.165, 1.54) is 19.3 Å². The molecule has 0 heterocycles. The van der Waals surface area contributed by atoms with Crippen LogP contribution < -0.4 is 0 Å². The van der Waals surface area contributed by atoms with Crippen molar-refractivity contribution in [3.8, 4) is 0 Å². The molecule has 4 nitrogen and oxygen atoms in total. The summed E-state index contributed by atoms with van der Waals surface area (Å²) in [6.45, 7) is 5.93. The second kappa shape index (κ2) is 11.7. The minimum Gasteiger partial charge on any atom is -0.343 e. The number of rotatable bonds is 3. The molecule has 0 saturated carbocycles. The fourth-order valence-corrected chi connectivity index (χ4v) is 0.427. The van der Waals surface area contributed by atoms with Gasteiger partial charge in [-0.3, -0.25) is 0 Å². The summed E-state index contributed by atoms with van der Waals surface area (Å²) in [6.07, 6.45) is 5.07. The van der Waals surface area contributed by atoms with Crippen molar-refractivity contribution in [2.45, 2.75) is 32.6 Å². The van der Waals surface area contributed by atoms with Crippen molar-refractivity contribution < 1.29 is 38.7 Å². The maximum Gasteiger partial charge on any atom is 0.466 e. The molecule has 0 aliphatic rings. The molecule has 3 N–H and O–H groups in total. The van der Waals surface area contributed by atoms with Crippen LogP contribution in [0.3, 0.4) is 0 Å². The summed E-state index contributed by atoms with van der Waals surface area (Å²) in [7, 11) is -4.64. The van der Waals surface area contributed by atoms with Gasteiger partial charge >= 0.3 is 7.82 Å². The monoisotopic (exact) mass is 247 g/mol. The Balaban J connectivity index is -0.000000126. The van der Waals surface area contributed by atoms with E-state index in [1.54, 1.807) is 0 Å². The zero-order valence-electron chi connectivity index (χ0n) is 7.44. The van der Waals surface area contributed by atoms with E-state index in [-0.39, 0.29) is 19.5 Å². The Hall–Kier alpha value is 0.733. The SMILES string of the molecule is O=P(O)(O)O.[CH2-]CCCCC.[Zn]. The summed E-state index contributed by atoms with van der Waals surface area (Å²) in [4.78, 5) is 21.6. The number of hydrogen-bond acceptors (Lipinski definition) is 1. The zero-order valence-corrected chi connectivity index (χ0v) is 11.3. The van der Waals surface area contributed by atoms with Crippen molar-refractivity contribution in [1.29, 1.82) is 0 Å². The first kappa shape index (κ1) is 18.5. The van der Waals surface area contributed by atoms with E-state index in [1.807, 2.05) is 0 Å². The predicted molar refractivity (Wildman–Crippen MR) is 43.8 cm³/mol. The van der Waals surface area contributed by atoms with Gasteiger partial charge in [0.1, 0.15) is 0 Å². The van der Waals surface area contributed by atoms with Crippen molar-refractivity contribution >= 4 is 7.82 Å². The molecule has 0 aromatic rings. The first-order valence-corrected chi connectivity index (χ1v) is 5.05. The van der Waals surface area contributed by atoms with Crippen LogP contribution in [-0.2, 0) is 24.0 Å². The summed E-state index contributed by atoms with van der Waals surface area (Å²) >= 11 is 0. The molecule has 0 radical (unpaired) electrons. The van der Waals surface area contributed by atoms with Crippen LogP contribution in [0.5, 0.6) is 0 Å². The maximum absolute atomic E-state index is 8.88. The van der Waals surface area contributed by atoms with Crippen LogP contribution in [0.1, 0.15) is 32.6 Å². The van der Waals surface area contributed by atoms with Crippen molar-refractivity contribution in [2.75, 3.05) is 0 Å². The van der Waals surface area contributed by atoms with Crippen LogP contribution in [0, 0.1) is 6.92 Å². The third-order valence-electron chi connectivity index (χ3n) is 0.854. The molecule has 0 spiro atoms. The summed E-state index contributed by atoms with van der Waals surface area (Å²) in [6, 6.07) is 0. The molecule has 0 bridgehead atoms. The Labute approximate surface area is 86.4 Å². The van der Waals surface area contributed by atoms with Gasteiger partial charge in [0.2, 0.25) is 0 Å². The fraction of sp³-hybridized carbons (Fsp3) is 0.833. The Morgan fingerprint density at radius 1 is 1.25 bits per heavy atom. The molecule has 0 fully saturated rings. The largest absolute Gasteiger partial charge is 0.466 e. The molecule has 0 rings (SSSR count). The molecule has 72 valence electrons. The summed E-state index contributed by atoms with van der Waals surface area (Å²) < 4.78 is 8.88. The Morgan fingerprint density at radius 3 is 1.67 bits per heavy atom. The van der Waals surface area contributed by atoms with Gasteiger partial charge in [0.25, 0.3) is 0 Å². The van der Waals surface area contributed by atoms with E-state index in [2.05, 4.69) is 13.8 Å². The van der Waals surface area contributed by atoms with Crippen molar-refractivity contribution in [3.63, 3.8) is 0 Å². The quantitative estimate of drug-likeness (QED) is 0.306. The summed E-state index contributed by atoms with van der Waals surface area (Å²) in [5, 5.41) is 0. The van der Waals surface area contributed by atoms with Crippen LogP contribution in [-0.4, -0.2) is 14.7 Å². The Kier molecular flexibility index (Phi) is 18.1. The van der Waals surface area contributed by atoms with E-state index in [0.29, 0.717) is 0 Å². The first-order valence-electron chi connectivity index (χ1n) is 3.49. The van der Waals surface area contributed by atoms with Crippen LogP contribution in [0.4, 0.5) is 0 Å². The average Bonchev–Trinajstić information content (AvgIpc) is 1.79. The Morgan fingerprint density at radius 2 is 1.58 bits per heavy atom. The van der Waals surface area contributed by atoms with Crippen LogP contribution in [0.25, 0.3) is 0 Å². The molecule has 6 heteroatoms. The molecule has 0 saturated heterocycles. The summed E-state index contributed by atoms with van der Waals surface area (Å²) in [5.74, 6) is 0. The van der Waals surface area contributed by atoms with Gasteiger partial charge in [-0.2, -0.15) is 6.42 Å². The van der Waals surface area contributed by atoms with Crippen LogP contribution in [0.15, 0.2) is 0 Å². The molecule has 0 unspecified atom stereocenters. The third kappa shape index (κ3) is 73.0. The first-order chi connectivity index (χ1) is 4.91. The van der Waals surface area contributed by atoms with E-state index >= 15 is 0 Å². The van der Waals surface area contributed by atoms with Gasteiger partial charge in [-0.1, -0.05) is 26.2 Å². The average molecular weight is 249 g/mol. The molecule has 0 aromatic carbocycles. The molecule has 0 atom stereocenters. The fourth-order valence-electron chi connectivity index (χ4n) is 0.427. The van der Waals surface area contributed by atoms with Crippen molar-refractivity contribution in [3.05, 3.63) is 6.92 Å². The van der Waals surface area contributed by atoms with Gasteiger partial charge in [0.15, 0.2) is 0 Å². The van der Waals surface area contributed by atoms with E-state index in [0.717, 1.165) is 6.42 Å². The molecule has 0 aliphatic carbocycles. The van der Waals surface area contributed by atoms with Gasteiger partial charge < -0.3 is 21.6 Å². The number of hydrogen-bond donors (Lipinski definition) is 3. The standard InChI is InChI=1S/C6H13.H3O4P.Zn/c1-3-5-6-4-2;1-5(2,3)4;/h1,3-6H2,2H3;(H3,1,2,3,4);/q-1;;. The zero-order chi connectivity index (χ0) is 9.33. The van der Waals surface area contributed by atoms with E-state index < -0.39 is 7.82 Å². The summed E-state index contributed by atoms with van der Waals surface area (Å²) in [5.41, 5.74) is 0. The molecule has 0 aromatic heterocycles. The van der Waals surface area contributed by atoms with Crippen molar-refractivity contribution in [2.24, 2.45) is 0 Å². The van der Waals surface area contributed by atoms with Gasteiger partial charge in [-0.25, -0.2) is 4.57 Å². The normalized spacial score (nSPS) is 9.42. The van der Waals surface area contributed by atoms with Gasteiger partial charge in [0.05, 0.1) is 0 Å².